The smallest absolute Gasteiger partial charge is 0.444 e. The molecule has 26 heteroatoms. The Bertz CT molecular complexity index is 2500. The number of carbonyl (C=O) groups is 4. The topological polar surface area (TPSA) is 227 Å². The van der Waals surface area contributed by atoms with E-state index in [-0.39, 0.29) is 59.5 Å². The minimum absolute atomic E-state index is 0.0186. The van der Waals surface area contributed by atoms with Crippen molar-refractivity contribution in [3.63, 3.8) is 0 Å². The molecule has 0 saturated heterocycles. The first-order valence-electron chi connectivity index (χ1n) is 20.6. The summed E-state index contributed by atoms with van der Waals surface area (Å²) >= 11 is 0. The number of carbonyl (C=O) groups excluding carboxylic acids is 4. The molecule has 0 saturated carbocycles. The molecule has 0 unspecified atom stereocenters. The average Bonchev–Trinajstić information content (AvgIpc) is 4.09. The first-order chi connectivity index (χ1) is 32.4. The van der Waals surface area contributed by atoms with Gasteiger partial charge in [0, 0.05) is 60.5 Å². The van der Waals surface area contributed by atoms with E-state index >= 15 is 0 Å². The normalized spacial score (nSPS) is 12.4. The number of alkyl halides is 9. The molecule has 382 valence electrons. The van der Waals surface area contributed by atoms with Crippen molar-refractivity contribution in [1.82, 2.24) is 20.1 Å². The monoisotopic (exact) mass is 1010 g/mol. The second-order valence-electron chi connectivity index (χ2n) is 16.4. The lowest BCUT2D eigenvalue weighted by molar-refractivity contribution is -0.221. The minimum atomic E-state index is -5.62. The molecule has 15 nitrogen and oxygen atoms in total. The number of nitrogens with two attached hydrogens (primary N) is 1. The molecular weight excluding hydrogens is 965 g/mol. The average molecular weight is 1010 g/mol. The minimum Gasteiger partial charge on any atom is -0.444 e. The fraction of sp³-hybridized carbons (Fsp3) is 0.432. The van der Waals surface area contributed by atoms with Crippen molar-refractivity contribution in [3.05, 3.63) is 95.8 Å². The van der Waals surface area contributed by atoms with E-state index in [0.717, 1.165) is 5.69 Å². The number of Topliss-reactive ketones (excluding diaryl/α,β-unsaturated/α-hetero) is 2. The Morgan fingerprint density at radius 1 is 0.629 bits per heavy atom. The maximum atomic E-state index is 13.1. The number of ketones is 2. The quantitative estimate of drug-likeness (QED) is 0.0158. The maximum absolute atomic E-state index is 13.1. The number of halogens is 11. The summed E-state index contributed by atoms with van der Waals surface area (Å²) in [6, 6.07) is 11.7. The molecule has 3 aromatic heterocycles. The number of nitrogens with zero attached hydrogens (tertiary/aromatic N) is 5. The van der Waals surface area contributed by atoms with E-state index < -0.39 is 41.8 Å². The highest BCUT2D eigenvalue weighted by Crippen LogP contribution is 2.33. The van der Waals surface area contributed by atoms with Gasteiger partial charge in [0.05, 0.1) is 11.4 Å². The van der Waals surface area contributed by atoms with E-state index in [2.05, 4.69) is 34.5 Å². The van der Waals surface area contributed by atoms with Crippen molar-refractivity contribution in [2.75, 3.05) is 0 Å². The number of aryl methyl sites for hydroxylation is 1. The molecule has 0 amide bonds. The lowest BCUT2D eigenvalue weighted by Crippen LogP contribution is -2.34. The second kappa shape index (κ2) is 24.5. The third-order valence-corrected chi connectivity index (χ3v) is 9.87. The van der Waals surface area contributed by atoms with E-state index in [1.165, 1.54) is 30.5 Å². The highest BCUT2D eigenvalue weighted by atomic mass is 19.4. The van der Waals surface area contributed by atoms with Crippen molar-refractivity contribution in [2.24, 2.45) is 10.9 Å². The lowest BCUT2D eigenvalue weighted by Gasteiger charge is -2.21. The highest BCUT2D eigenvalue weighted by Gasteiger charge is 2.49. The number of aromatic nitrogens is 4. The Balaban J connectivity index is 0.000000301. The van der Waals surface area contributed by atoms with Gasteiger partial charge in [-0.05, 0) is 74.2 Å². The summed E-state index contributed by atoms with van der Waals surface area (Å²) in [6.45, 7) is 7.88. The molecule has 5 aromatic rings. The van der Waals surface area contributed by atoms with Crippen LogP contribution in [0.1, 0.15) is 109 Å². The van der Waals surface area contributed by atoms with Gasteiger partial charge in [-0.25, -0.2) is 28.3 Å². The van der Waals surface area contributed by atoms with Gasteiger partial charge in [0.15, 0.2) is 5.82 Å². The van der Waals surface area contributed by atoms with E-state index in [1.807, 2.05) is 27.7 Å². The number of benzene rings is 2. The molecule has 3 heterocycles. The van der Waals surface area contributed by atoms with Crippen LogP contribution in [0.5, 0.6) is 0 Å². The van der Waals surface area contributed by atoms with Crippen molar-refractivity contribution in [3.8, 4) is 22.9 Å². The number of ether oxygens (including phenoxy) is 1. The molecular formula is C44H45F11N6O9. The van der Waals surface area contributed by atoms with Gasteiger partial charge in [-0.3, -0.25) is 9.59 Å². The van der Waals surface area contributed by atoms with E-state index in [0.29, 0.717) is 73.5 Å². The first-order valence-corrected chi connectivity index (χ1v) is 20.6. The largest absolute Gasteiger partial charge is 0.491 e. The Hall–Kier alpha value is -7.02. The van der Waals surface area contributed by atoms with Gasteiger partial charge in [-0.1, -0.05) is 38.0 Å². The number of hydrogen-bond acceptors (Lipinski definition) is 14. The molecule has 0 bridgehead atoms. The standard InChI is InChI=1S/C21H21F4N3O3.C19H24FN3O3.C4F6O3/c1-20(2,16-12-30-18(26-16)13-6-8-14(22)9-7-13)11-10-15(29)4-3-5-17-27-19(31-28-17)21(23,24)25;1-19(2,11-10-15(24)4-3-5-17(21)23-25)16-12-26-18(22-16)13-6-8-14(20)9-7-13;5-3(6,7)1(11)13-2(12)4(8,9)10/h6-9,12H,3-5,10-11H2,1-2H3;6-9,12,25H,3-5,10-11H2,1-2H3,(H2,21,23);. The fourth-order valence-corrected chi connectivity index (χ4v) is 5.66. The highest BCUT2D eigenvalue weighted by molar-refractivity contribution is 5.90. The summed E-state index contributed by atoms with van der Waals surface area (Å²) in [7, 11) is 0. The molecule has 0 aliphatic rings. The van der Waals surface area contributed by atoms with Crippen LogP contribution in [0.2, 0.25) is 0 Å². The number of rotatable bonds is 18. The fourth-order valence-electron chi connectivity index (χ4n) is 5.66. The van der Waals surface area contributed by atoms with E-state index in [9.17, 15) is 67.5 Å². The predicted octanol–water partition coefficient (Wildman–Crippen LogP) is 10.7. The number of oxazole rings is 2. The molecule has 0 atom stereocenters. The van der Waals surface area contributed by atoms with Crippen LogP contribution < -0.4 is 5.73 Å². The maximum Gasteiger partial charge on any atom is 0.491 e. The van der Waals surface area contributed by atoms with Crippen molar-refractivity contribution >= 4 is 29.3 Å². The summed E-state index contributed by atoms with van der Waals surface area (Å²) in [6.07, 6.45) is -8.96. The van der Waals surface area contributed by atoms with Crippen LogP contribution in [-0.4, -0.2) is 67.0 Å². The van der Waals surface area contributed by atoms with Crippen LogP contribution in [0.3, 0.4) is 0 Å². The van der Waals surface area contributed by atoms with Crippen LogP contribution >= 0.6 is 0 Å². The molecule has 0 fully saturated rings. The summed E-state index contributed by atoms with van der Waals surface area (Å²) in [5.41, 5.74) is 7.39. The van der Waals surface area contributed by atoms with Gasteiger partial charge in [0.1, 0.15) is 41.6 Å². The zero-order valence-electron chi connectivity index (χ0n) is 37.5. The Morgan fingerprint density at radius 3 is 1.41 bits per heavy atom. The van der Waals surface area contributed by atoms with Gasteiger partial charge in [-0.15, -0.1) is 0 Å². The van der Waals surface area contributed by atoms with Crippen molar-refractivity contribution in [2.45, 2.75) is 121 Å². The van der Waals surface area contributed by atoms with Crippen molar-refractivity contribution < 1.29 is 90.8 Å². The van der Waals surface area contributed by atoms with Crippen LogP contribution in [0.4, 0.5) is 48.3 Å². The van der Waals surface area contributed by atoms with Gasteiger partial charge < -0.3 is 29.0 Å². The van der Waals surface area contributed by atoms with Crippen molar-refractivity contribution in [1.29, 1.82) is 0 Å². The number of hydrogen-bond donors (Lipinski definition) is 2. The molecule has 5 rings (SSSR count). The van der Waals surface area contributed by atoms with Crippen LogP contribution in [0.15, 0.2) is 79.6 Å². The Kier molecular flexibility index (Phi) is 20.1. The van der Waals surface area contributed by atoms with E-state index in [1.54, 1.807) is 30.5 Å². The summed E-state index contributed by atoms with van der Waals surface area (Å²) in [5, 5.41) is 14.6. The van der Waals surface area contributed by atoms with Gasteiger partial charge in [-0.2, -0.15) is 44.5 Å². The number of amidine groups is 1. The lowest BCUT2D eigenvalue weighted by atomic mass is 9.83. The molecule has 0 aliphatic heterocycles. The van der Waals surface area contributed by atoms with Crippen LogP contribution in [-0.2, 0) is 47.3 Å². The summed E-state index contributed by atoms with van der Waals surface area (Å²) < 4.78 is 148. The predicted molar refractivity (Wildman–Crippen MR) is 221 cm³/mol. The number of oxime groups is 1. The summed E-state index contributed by atoms with van der Waals surface area (Å²) in [5.74, 6) is -7.48. The molecule has 0 aliphatic carbocycles. The SMILES string of the molecule is CC(C)(CCC(=O)CCC/C(N)=N/O)c1coc(-c2ccc(F)cc2)n1.CC(C)(CCC(=O)CCCc1noc(C(F)(F)F)n1)c1coc(-c2ccc(F)cc2)n1.O=C(OC(=O)C(F)(F)F)C(F)(F)F. The molecule has 3 N–H and O–H groups in total. The Morgan fingerprint density at radius 2 is 1.04 bits per heavy atom. The van der Waals surface area contributed by atoms with Gasteiger partial charge in [0.2, 0.25) is 11.8 Å². The molecule has 2 aromatic carbocycles. The Labute approximate surface area is 390 Å². The van der Waals surface area contributed by atoms with Crippen LogP contribution in [0.25, 0.3) is 22.9 Å². The third-order valence-electron chi connectivity index (χ3n) is 9.87. The van der Waals surface area contributed by atoms with Gasteiger partial charge in [0.25, 0.3) is 0 Å². The molecule has 70 heavy (non-hydrogen) atoms. The summed E-state index contributed by atoms with van der Waals surface area (Å²) in [4.78, 5) is 55.8. The zero-order valence-corrected chi connectivity index (χ0v) is 37.5. The third kappa shape index (κ3) is 18.8. The molecule has 0 spiro atoms. The first kappa shape index (κ1) is 57.3. The van der Waals surface area contributed by atoms with E-state index in [4.69, 9.17) is 19.8 Å². The number of esters is 2. The van der Waals surface area contributed by atoms with Gasteiger partial charge >= 0.3 is 36.4 Å². The van der Waals surface area contributed by atoms with Crippen LogP contribution in [0, 0.1) is 11.6 Å². The second-order valence-corrected chi connectivity index (χ2v) is 16.4. The molecule has 0 radical (unpaired) electrons. The zero-order chi connectivity index (χ0) is 52.7.